The van der Waals surface area contributed by atoms with E-state index in [-0.39, 0.29) is 0 Å². The molecule has 1 N–H and O–H groups in total. The van der Waals surface area contributed by atoms with Gasteiger partial charge >= 0.3 is 0 Å². The summed E-state index contributed by atoms with van der Waals surface area (Å²) in [6, 6.07) is 0.601. The minimum atomic E-state index is 0.488. The van der Waals surface area contributed by atoms with Crippen molar-refractivity contribution in [3.63, 3.8) is 0 Å². The molecule has 1 aromatic heterocycles. The van der Waals surface area contributed by atoms with E-state index in [1.807, 2.05) is 0 Å². The van der Waals surface area contributed by atoms with Crippen LogP contribution in [-0.4, -0.2) is 27.9 Å². The molecule has 2 fully saturated rings. The normalized spacial score (nSPS) is 22.7. The molecule has 1 aliphatic carbocycles. The molecule has 4 nitrogen and oxygen atoms in total. The third-order valence-electron chi connectivity index (χ3n) is 4.82. The summed E-state index contributed by atoms with van der Waals surface area (Å²) in [4.78, 5) is 2.43. The third-order valence-corrected chi connectivity index (χ3v) is 5.11. The molecule has 18 heavy (non-hydrogen) atoms. The molecule has 100 valence electrons. The molecule has 2 heterocycles. The minimum absolute atomic E-state index is 0.488. The van der Waals surface area contributed by atoms with Crippen molar-refractivity contribution in [1.29, 1.82) is 0 Å². The van der Waals surface area contributed by atoms with Gasteiger partial charge in [-0.1, -0.05) is 13.8 Å². The molecule has 0 bridgehead atoms. The average Bonchev–Trinajstić information content (AvgIpc) is 3.01. The molecule has 0 amide bonds. The van der Waals surface area contributed by atoms with Crippen molar-refractivity contribution in [1.82, 2.24) is 14.8 Å². The van der Waals surface area contributed by atoms with E-state index in [2.05, 4.69) is 33.5 Å². The second-order valence-corrected chi connectivity index (χ2v) is 6.20. The van der Waals surface area contributed by atoms with Crippen LogP contribution in [0.15, 0.2) is 0 Å². The Labute approximate surface area is 113 Å². The summed E-state index contributed by atoms with van der Waals surface area (Å²) in [5, 5.41) is 7.44. The van der Waals surface area contributed by atoms with Gasteiger partial charge in [0.1, 0.15) is 0 Å². The Balaban J connectivity index is 1.86. The molecule has 0 radical (unpaired) electrons. The van der Waals surface area contributed by atoms with Gasteiger partial charge in [-0.2, -0.15) is 0 Å². The fourth-order valence-corrected chi connectivity index (χ4v) is 3.39. The monoisotopic (exact) mass is 266 g/mol. The molecule has 0 spiro atoms. The number of hydrogen-bond donors (Lipinski definition) is 1. The predicted molar refractivity (Wildman–Crippen MR) is 75.5 cm³/mol. The van der Waals surface area contributed by atoms with E-state index >= 15 is 0 Å². The Morgan fingerprint density at radius 2 is 2.11 bits per heavy atom. The Hall–Kier alpha value is -0.840. The van der Waals surface area contributed by atoms with Crippen LogP contribution in [0.3, 0.4) is 0 Å². The van der Waals surface area contributed by atoms with Crippen LogP contribution >= 0.6 is 12.2 Å². The van der Waals surface area contributed by atoms with Crippen molar-refractivity contribution in [2.75, 3.05) is 18.0 Å². The van der Waals surface area contributed by atoms with Gasteiger partial charge in [0.25, 0.3) is 0 Å². The van der Waals surface area contributed by atoms with Crippen LogP contribution in [0, 0.1) is 10.2 Å². The summed E-state index contributed by atoms with van der Waals surface area (Å²) in [7, 11) is 0. The molecule has 3 rings (SSSR count). The molecule has 1 aliphatic heterocycles. The second kappa shape index (κ2) is 4.37. The quantitative estimate of drug-likeness (QED) is 0.850. The van der Waals surface area contributed by atoms with Crippen molar-refractivity contribution in [3.05, 3.63) is 4.77 Å². The first-order chi connectivity index (χ1) is 8.69. The van der Waals surface area contributed by atoms with Gasteiger partial charge in [0.05, 0.1) is 0 Å². The van der Waals surface area contributed by atoms with Crippen LogP contribution in [0.4, 0.5) is 5.95 Å². The molecule has 0 atom stereocenters. The summed E-state index contributed by atoms with van der Waals surface area (Å²) < 4.78 is 3.02. The van der Waals surface area contributed by atoms with Gasteiger partial charge in [-0.3, -0.25) is 4.57 Å². The van der Waals surface area contributed by atoms with Crippen molar-refractivity contribution in [2.45, 2.75) is 52.0 Å². The number of nitrogens with one attached hydrogen (secondary N) is 1. The van der Waals surface area contributed by atoms with E-state index in [0.717, 1.165) is 23.8 Å². The van der Waals surface area contributed by atoms with Crippen molar-refractivity contribution >= 4 is 18.2 Å². The van der Waals surface area contributed by atoms with Crippen LogP contribution in [-0.2, 0) is 0 Å². The summed E-state index contributed by atoms with van der Waals surface area (Å²) in [6.07, 6.45) is 6.30. The standard InChI is InChI=1S/C13H22N4S/c1-3-13(4-2)7-8-16(9-13)11-14-15-12(18)17(11)10-5-6-10/h10H,3-9H2,1-2H3,(H,15,18). The minimum Gasteiger partial charge on any atom is -0.340 e. The van der Waals surface area contributed by atoms with Crippen LogP contribution in [0.25, 0.3) is 0 Å². The van der Waals surface area contributed by atoms with Crippen molar-refractivity contribution in [3.8, 4) is 0 Å². The number of hydrogen-bond acceptors (Lipinski definition) is 3. The number of H-pyrrole nitrogens is 1. The zero-order chi connectivity index (χ0) is 12.8. The largest absolute Gasteiger partial charge is 0.340 e. The van der Waals surface area contributed by atoms with Gasteiger partial charge in [-0.25, -0.2) is 5.10 Å². The summed E-state index contributed by atoms with van der Waals surface area (Å²) in [6.45, 7) is 6.87. The molecular formula is C13H22N4S. The summed E-state index contributed by atoms with van der Waals surface area (Å²) in [5.41, 5.74) is 0.488. The number of anilines is 1. The lowest BCUT2D eigenvalue weighted by atomic mass is 9.82. The molecule has 2 aliphatic rings. The van der Waals surface area contributed by atoms with Crippen LogP contribution < -0.4 is 4.90 Å². The molecule has 1 saturated heterocycles. The lowest BCUT2D eigenvalue weighted by Crippen LogP contribution is -2.28. The van der Waals surface area contributed by atoms with Crippen LogP contribution in [0.2, 0.25) is 0 Å². The van der Waals surface area contributed by atoms with E-state index in [0.29, 0.717) is 11.5 Å². The maximum atomic E-state index is 5.36. The first kappa shape index (κ1) is 12.2. The Kier molecular flexibility index (Phi) is 2.96. The van der Waals surface area contributed by atoms with Gasteiger partial charge in [-0.15, -0.1) is 5.10 Å². The topological polar surface area (TPSA) is 36.9 Å². The maximum Gasteiger partial charge on any atom is 0.226 e. The molecule has 0 unspecified atom stereocenters. The number of rotatable bonds is 4. The highest BCUT2D eigenvalue weighted by Crippen LogP contribution is 2.42. The lowest BCUT2D eigenvalue weighted by molar-refractivity contribution is 0.301. The number of aromatic amines is 1. The Morgan fingerprint density at radius 3 is 2.67 bits per heavy atom. The third kappa shape index (κ3) is 1.88. The SMILES string of the molecule is CCC1(CC)CCN(c2n[nH]c(=S)n2C2CC2)C1. The second-order valence-electron chi connectivity index (χ2n) is 5.81. The molecule has 0 aromatic carbocycles. The van der Waals surface area contributed by atoms with Crippen molar-refractivity contribution in [2.24, 2.45) is 5.41 Å². The summed E-state index contributed by atoms with van der Waals surface area (Å²) >= 11 is 5.36. The molecule has 1 aromatic rings. The van der Waals surface area contributed by atoms with Crippen LogP contribution in [0.1, 0.15) is 52.0 Å². The first-order valence-electron chi connectivity index (χ1n) is 7.11. The fraction of sp³-hybridized carbons (Fsp3) is 0.846. The summed E-state index contributed by atoms with van der Waals surface area (Å²) in [5.74, 6) is 1.08. The van der Waals surface area contributed by atoms with E-state index < -0.39 is 0 Å². The Morgan fingerprint density at radius 1 is 1.39 bits per heavy atom. The first-order valence-corrected chi connectivity index (χ1v) is 7.52. The highest BCUT2D eigenvalue weighted by atomic mass is 32.1. The molecule has 1 saturated carbocycles. The van der Waals surface area contributed by atoms with Gasteiger partial charge < -0.3 is 4.90 Å². The highest BCUT2D eigenvalue weighted by Gasteiger charge is 2.38. The van der Waals surface area contributed by atoms with Crippen LogP contribution in [0.5, 0.6) is 0 Å². The smallest absolute Gasteiger partial charge is 0.226 e. The van der Waals surface area contributed by atoms with E-state index in [1.165, 1.54) is 32.1 Å². The van der Waals surface area contributed by atoms with Gasteiger partial charge in [0.2, 0.25) is 5.95 Å². The molecular weight excluding hydrogens is 244 g/mol. The average molecular weight is 266 g/mol. The highest BCUT2D eigenvalue weighted by molar-refractivity contribution is 7.71. The number of aromatic nitrogens is 3. The van der Waals surface area contributed by atoms with E-state index in [1.54, 1.807) is 0 Å². The van der Waals surface area contributed by atoms with Gasteiger partial charge in [-0.05, 0) is 49.7 Å². The van der Waals surface area contributed by atoms with Gasteiger partial charge in [0.15, 0.2) is 4.77 Å². The maximum absolute atomic E-state index is 5.36. The van der Waals surface area contributed by atoms with E-state index in [4.69, 9.17) is 12.2 Å². The van der Waals surface area contributed by atoms with E-state index in [9.17, 15) is 0 Å². The zero-order valence-electron chi connectivity index (χ0n) is 11.3. The Bertz CT molecular complexity index is 481. The van der Waals surface area contributed by atoms with Crippen molar-refractivity contribution < 1.29 is 0 Å². The fourth-order valence-electron chi connectivity index (χ4n) is 3.11. The zero-order valence-corrected chi connectivity index (χ0v) is 12.1. The predicted octanol–water partition coefficient (Wildman–Crippen LogP) is 3.29. The number of nitrogens with zero attached hydrogens (tertiary/aromatic N) is 3. The van der Waals surface area contributed by atoms with Gasteiger partial charge in [0, 0.05) is 19.1 Å². The lowest BCUT2D eigenvalue weighted by Gasteiger charge is -2.26. The molecule has 5 heteroatoms.